The lowest BCUT2D eigenvalue weighted by molar-refractivity contribution is -0.124. The fourth-order valence-electron chi connectivity index (χ4n) is 5.46. The lowest BCUT2D eigenvalue weighted by Crippen LogP contribution is -2.15. The van der Waals surface area contributed by atoms with Crippen molar-refractivity contribution in [2.24, 2.45) is 5.92 Å². The Morgan fingerprint density at radius 3 is 2.52 bits per heavy atom. The Kier molecular flexibility index (Phi) is 14.1. The van der Waals surface area contributed by atoms with E-state index in [0.29, 0.717) is 41.3 Å². The van der Waals surface area contributed by atoms with Gasteiger partial charge < -0.3 is 26.0 Å². The Balaban J connectivity index is 1.76. The van der Waals surface area contributed by atoms with Gasteiger partial charge in [0, 0.05) is 12.6 Å². The molecule has 0 aliphatic carbocycles. The molecule has 8 heteroatoms. The SMILES string of the molecule is CNCC(C)CCCCCC(=O)CC(=O)C=C(CO)c1cc(OC)c(O)cc1Cc1cnc(N)cc1CCc1ccccc1. The van der Waals surface area contributed by atoms with Crippen LogP contribution in [0.15, 0.2) is 60.8 Å². The van der Waals surface area contributed by atoms with Crippen LogP contribution >= 0.6 is 0 Å². The number of ketones is 2. The average Bonchev–Trinajstić information content (AvgIpc) is 3.00. The Hall–Kier alpha value is -4.01. The number of phenolic OH excluding ortho intramolecular Hbond substituents is 1. The normalized spacial score (nSPS) is 12.2. The third-order valence-electron chi connectivity index (χ3n) is 7.84. The van der Waals surface area contributed by atoms with E-state index in [0.717, 1.165) is 56.2 Å². The summed E-state index contributed by atoms with van der Waals surface area (Å²) < 4.78 is 5.34. The number of nitrogens with one attached hydrogen (secondary N) is 1. The molecule has 0 spiro atoms. The van der Waals surface area contributed by atoms with Crippen LogP contribution in [0.25, 0.3) is 5.57 Å². The quantitative estimate of drug-likeness (QED) is 0.0808. The first-order valence-electron chi connectivity index (χ1n) is 15.4. The number of methoxy groups -OCH3 is 1. The number of ether oxygens (including phenoxy) is 1. The highest BCUT2D eigenvalue weighted by molar-refractivity contribution is 6.07. The molecule has 1 atom stereocenters. The fraction of sp³-hybridized carbons (Fsp3) is 0.417. The van der Waals surface area contributed by atoms with Gasteiger partial charge in [-0.2, -0.15) is 0 Å². The molecule has 44 heavy (non-hydrogen) atoms. The molecule has 0 aliphatic heterocycles. The molecule has 236 valence electrons. The van der Waals surface area contributed by atoms with Crippen LogP contribution in [0.3, 0.4) is 0 Å². The number of aliphatic hydroxyl groups excluding tert-OH is 1. The number of nitrogens with zero attached hydrogens (tertiary/aromatic N) is 1. The standard InChI is InChI=1S/C36H47N3O5/c1-25(22-38-2)10-6-4-9-13-31(41)20-32(42)17-30(24-40)33-21-35(44-3)34(43)18-28(33)16-29-23-39-36(37)19-27(29)15-14-26-11-7-5-8-12-26/h5,7-8,11-12,17-19,21,23,25,38,40,43H,4,6,9-10,13-16,20,22,24H2,1-3H3,(H2,37,39). The second kappa shape index (κ2) is 18.0. The number of pyridine rings is 1. The summed E-state index contributed by atoms with van der Waals surface area (Å²) in [6, 6.07) is 15.2. The monoisotopic (exact) mass is 601 g/mol. The van der Waals surface area contributed by atoms with Crippen molar-refractivity contribution in [2.75, 3.05) is 33.0 Å². The van der Waals surface area contributed by atoms with Gasteiger partial charge in [-0.3, -0.25) is 9.59 Å². The highest BCUT2D eigenvalue weighted by Gasteiger charge is 2.18. The first kappa shape index (κ1) is 34.5. The number of rotatable bonds is 19. The van der Waals surface area contributed by atoms with Crippen LogP contribution in [0.2, 0.25) is 0 Å². The van der Waals surface area contributed by atoms with Gasteiger partial charge in [0.2, 0.25) is 0 Å². The fourth-order valence-corrected chi connectivity index (χ4v) is 5.46. The van der Waals surface area contributed by atoms with Gasteiger partial charge >= 0.3 is 0 Å². The van der Waals surface area contributed by atoms with Crippen LogP contribution in [-0.4, -0.2) is 54.1 Å². The lowest BCUT2D eigenvalue weighted by Gasteiger charge is -2.17. The molecular weight excluding hydrogens is 554 g/mol. The Morgan fingerprint density at radius 2 is 1.82 bits per heavy atom. The predicted molar refractivity (Wildman–Crippen MR) is 176 cm³/mol. The summed E-state index contributed by atoms with van der Waals surface area (Å²) in [5.41, 5.74) is 10.8. The van der Waals surface area contributed by atoms with Gasteiger partial charge in [0.25, 0.3) is 0 Å². The number of unbranched alkanes of at least 4 members (excludes halogenated alkanes) is 2. The highest BCUT2D eigenvalue weighted by atomic mass is 16.5. The number of hydrogen-bond acceptors (Lipinski definition) is 8. The van der Waals surface area contributed by atoms with Crippen LogP contribution in [0.5, 0.6) is 11.5 Å². The number of hydrogen-bond donors (Lipinski definition) is 4. The molecule has 0 aliphatic rings. The molecule has 1 heterocycles. The number of Topliss-reactive ketones (excluding diaryl/α,β-unsaturated/α-hetero) is 1. The van der Waals surface area contributed by atoms with E-state index in [9.17, 15) is 19.8 Å². The van der Waals surface area contributed by atoms with Crippen molar-refractivity contribution in [1.82, 2.24) is 10.3 Å². The molecular formula is C36H47N3O5. The summed E-state index contributed by atoms with van der Waals surface area (Å²) in [6.07, 6.45) is 9.03. The van der Waals surface area contributed by atoms with Gasteiger partial charge in [0.05, 0.1) is 20.1 Å². The molecule has 0 saturated heterocycles. The van der Waals surface area contributed by atoms with Gasteiger partial charge in [0.15, 0.2) is 17.3 Å². The van der Waals surface area contributed by atoms with Crippen LogP contribution in [0.4, 0.5) is 5.82 Å². The summed E-state index contributed by atoms with van der Waals surface area (Å²) in [5, 5.41) is 24.1. The van der Waals surface area contributed by atoms with Crippen LogP contribution < -0.4 is 15.8 Å². The van der Waals surface area contributed by atoms with Crippen molar-refractivity contribution >= 4 is 23.0 Å². The maximum absolute atomic E-state index is 12.9. The van der Waals surface area contributed by atoms with Gasteiger partial charge in [0.1, 0.15) is 11.6 Å². The highest BCUT2D eigenvalue weighted by Crippen LogP contribution is 2.34. The molecule has 3 rings (SSSR count). The molecule has 0 fully saturated rings. The van der Waals surface area contributed by atoms with E-state index in [1.807, 2.05) is 31.3 Å². The lowest BCUT2D eigenvalue weighted by atomic mass is 9.91. The number of aromatic hydroxyl groups is 1. The van der Waals surface area contributed by atoms with Crippen LogP contribution in [0.1, 0.15) is 73.3 Å². The molecule has 3 aromatic rings. The number of allylic oxidation sites excluding steroid dienone is 1. The number of carbonyl (C=O) groups is 2. The molecule has 5 N–H and O–H groups in total. The third kappa shape index (κ3) is 10.9. The molecule has 0 saturated carbocycles. The minimum atomic E-state index is -0.424. The maximum atomic E-state index is 12.9. The summed E-state index contributed by atoms with van der Waals surface area (Å²) in [5.74, 6) is 0.711. The van der Waals surface area contributed by atoms with Crippen LogP contribution in [-0.2, 0) is 28.9 Å². The largest absolute Gasteiger partial charge is 0.504 e. The topological polar surface area (TPSA) is 135 Å². The van der Waals surface area contributed by atoms with E-state index >= 15 is 0 Å². The number of aryl methyl sites for hydroxylation is 2. The molecule has 8 nitrogen and oxygen atoms in total. The van der Waals surface area contributed by atoms with E-state index in [2.05, 4.69) is 29.4 Å². The number of aromatic nitrogens is 1. The number of phenols is 1. The van der Waals surface area contributed by atoms with Gasteiger partial charge in [-0.1, -0.05) is 50.1 Å². The summed E-state index contributed by atoms with van der Waals surface area (Å²) >= 11 is 0. The zero-order valence-electron chi connectivity index (χ0n) is 26.3. The van der Waals surface area contributed by atoms with Crippen molar-refractivity contribution in [3.05, 3.63) is 88.6 Å². The van der Waals surface area contributed by atoms with E-state index in [4.69, 9.17) is 10.5 Å². The first-order chi connectivity index (χ1) is 21.2. The second-order valence-corrected chi connectivity index (χ2v) is 11.5. The number of nitrogens with two attached hydrogens (primary N) is 1. The predicted octanol–water partition coefficient (Wildman–Crippen LogP) is 5.46. The zero-order valence-corrected chi connectivity index (χ0v) is 26.3. The van der Waals surface area contributed by atoms with E-state index in [1.54, 1.807) is 18.3 Å². The molecule has 1 aromatic heterocycles. The van der Waals surface area contributed by atoms with E-state index in [1.165, 1.54) is 18.7 Å². The number of nitrogen functional groups attached to an aromatic ring is 1. The third-order valence-corrected chi connectivity index (χ3v) is 7.84. The first-order valence-corrected chi connectivity index (χ1v) is 15.4. The molecule has 1 unspecified atom stereocenters. The van der Waals surface area contributed by atoms with Gasteiger partial charge in [-0.15, -0.1) is 0 Å². The van der Waals surface area contributed by atoms with Crippen molar-refractivity contribution in [3.63, 3.8) is 0 Å². The number of aliphatic hydroxyl groups is 1. The van der Waals surface area contributed by atoms with Crippen molar-refractivity contribution < 1.29 is 24.5 Å². The molecule has 0 bridgehead atoms. The zero-order chi connectivity index (χ0) is 31.9. The number of anilines is 1. The van der Waals surface area contributed by atoms with Crippen molar-refractivity contribution in [3.8, 4) is 11.5 Å². The second-order valence-electron chi connectivity index (χ2n) is 11.5. The minimum Gasteiger partial charge on any atom is -0.504 e. The van der Waals surface area contributed by atoms with Crippen LogP contribution in [0, 0.1) is 5.92 Å². The smallest absolute Gasteiger partial charge is 0.163 e. The Morgan fingerprint density at radius 1 is 1.05 bits per heavy atom. The summed E-state index contributed by atoms with van der Waals surface area (Å²) in [4.78, 5) is 29.8. The maximum Gasteiger partial charge on any atom is 0.163 e. The Labute approximate surface area is 261 Å². The molecule has 0 amide bonds. The average molecular weight is 602 g/mol. The summed E-state index contributed by atoms with van der Waals surface area (Å²) in [6.45, 7) is 2.76. The molecule has 0 radical (unpaired) electrons. The molecule has 2 aromatic carbocycles. The van der Waals surface area contributed by atoms with Crippen molar-refractivity contribution in [2.45, 2.75) is 64.7 Å². The summed E-state index contributed by atoms with van der Waals surface area (Å²) in [7, 11) is 3.39. The van der Waals surface area contributed by atoms with E-state index < -0.39 is 6.61 Å². The van der Waals surface area contributed by atoms with Gasteiger partial charge in [-0.25, -0.2) is 4.98 Å². The van der Waals surface area contributed by atoms with E-state index in [-0.39, 0.29) is 29.5 Å². The van der Waals surface area contributed by atoms with Gasteiger partial charge in [-0.05, 0) is 109 Å². The number of benzene rings is 2. The number of carbonyl (C=O) groups excluding carboxylic acids is 2. The minimum absolute atomic E-state index is 0.0559. The Bertz CT molecular complexity index is 1400. The van der Waals surface area contributed by atoms with Crippen molar-refractivity contribution in [1.29, 1.82) is 0 Å².